The molecular formula is C13H20N2O3. The molecule has 0 atom stereocenters. The summed E-state index contributed by atoms with van der Waals surface area (Å²) in [6.45, 7) is 3.41. The second kappa shape index (κ2) is 7.66. The molecular weight excluding hydrogens is 232 g/mol. The van der Waals surface area contributed by atoms with E-state index in [0.29, 0.717) is 11.3 Å². The number of esters is 1. The molecule has 0 bridgehead atoms. The van der Waals surface area contributed by atoms with Crippen molar-refractivity contribution in [3.8, 4) is 0 Å². The van der Waals surface area contributed by atoms with Crippen LogP contribution in [0.2, 0.25) is 0 Å². The number of rotatable bonds is 7. The van der Waals surface area contributed by atoms with Crippen LogP contribution in [0.5, 0.6) is 0 Å². The fraction of sp³-hybridized carbons (Fsp3) is 0.538. The molecule has 0 aliphatic carbocycles. The predicted octanol–water partition coefficient (Wildman–Crippen LogP) is 2.02. The maximum absolute atomic E-state index is 11.4. The van der Waals surface area contributed by atoms with Crippen molar-refractivity contribution in [2.75, 3.05) is 32.7 Å². The third kappa shape index (κ3) is 4.33. The Labute approximate surface area is 108 Å². The second-order valence-corrected chi connectivity index (χ2v) is 3.95. The van der Waals surface area contributed by atoms with E-state index in [1.165, 1.54) is 7.11 Å². The van der Waals surface area contributed by atoms with Gasteiger partial charge < -0.3 is 14.8 Å². The van der Waals surface area contributed by atoms with Crippen molar-refractivity contribution in [1.82, 2.24) is 4.98 Å². The molecule has 0 amide bonds. The molecule has 18 heavy (non-hydrogen) atoms. The second-order valence-electron chi connectivity index (χ2n) is 3.95. The predicted molar refractivity (Wildman–Crippen MR) is 69.9 cm³/mol. The number of aryl methyl sites for hydroxylation is 1. The van der Waals surface area contributed by atoms with Crippen LogP contribution in [0.25, 0.3) is 0 Å². The van der Waals surface area contributed by atoms with Gasteiger partial charge in [0.15, 0.2) is 0 Å². The molecule has 0 saturated carbocycles. The zero-order chi connectivity index (χ0) is 13.4. The van der Waals surface area contributed by atoms with E-state index in [-0.39, 0.29) is 5.97 Å². The summed E-state index contributed by atoms with van der Waals surface area (Å²) in [7, 11) is 3.06. The minimum Gasteiger partial charge on any atom is -0.465 e. The van der Waals surface area contributed by atoms with Gasteiger partial charge in [0.2, 0.25) is 0 Å². The lowest BCUT2D eigenvalue weighted by molar-refractivity contribution is 0.0599. The van der Waals surface area contributed by atoms with Gasteiger partial charge in [-0.15, -0.1) is 0 Å². The van der Waals surface area contributed by atoms with Gasteiger partial charge in [-0.3, -0.25) is 0 Å². The molecule has 100 valence electrons. The van der Waals surface area contributed by atoms with Crippen molar-refractivity contribution in [1.29, 1.82) is 0 Å². The first-order valence-corrected chi connectivity index (χ1v) is 5.97. The number of hydrogen-bond donors (Lipinski definition) is 1. The Morgan fingerprint density at radius 3 is 2.72 bits per heavy atom. The Morgan fingerprint density at radius 2 is 2.11 bits per heavy atom. The number of carbonyl (C=O) groups is 1. The van der Waals surface area contributed by atoms with Crippen molar-refractivity contribution >= 4 is 11.8 Å². The average molecular weight is 252 g/mol. The summed E-state index contributed by atoms with van der Waals surface area (Å²) in [5.74, 6) is 0.421. The molecule has 1 N–H and O–H groups in total. The highest BCUT2D eigenvalue weighted by Crippen LogP contribution is 2.11. The molecule has 0 unspecified atom stereocenters. The molecule has 1 rings (SSSR count). The van der Waals surface area contributed by atoms with E-state index in [0.717, 1.165) is 31.8 Å². The lowest BCUT2D eigenvalue weighted by atomic mass is 10.2. The largest absolute Gasteiger partial charge is 0.465 e. The van der Waals surface area contributed by atoms with E-state index in [4.69, 9.17) is 4.74 Å². The number of anilines is 1. The molecule has 1 aromatic rings. The minimum atomic E-state index is -0.355. The molecule has 0 aromatic carbocycles. The number of nitrogens with one attached hydrogen (secondary N) is 1. The topological polar surface area (TPSA) is 60.5 Å². The first kappa shape index (κ1) is 14.4. The van der Waals surface area contributed by atoms with Gasteiger partial charge in [-0.2, -0.15) is 0 Å². The van der Waals surface area contributed by atoms with E-state index in [2.05, 4.69) is 15.0 Å². The van der Waals surface area contributed by atoms with Crippen molar-refractivity contribution in [3.63, 3.8) is 0 Å². The summed E-state index contributed by atoms with van der Waals surface area (Å²) < 4.78 is 9.64. The quantitative estimate of drug-likeness (QED) is 0.594. The molecule has 0 saturated heterocycles. The van der Waals surface area contributed by atoms with Gasteiger partial charge in [0.1, 0.15) is 5.82 Å². The standard InChI is InChI=1S/C13H20N2O3/c1-10-11(13(16)18-3)6-7-12(15-10)14-8-4-5-9-17-2/h6-7H,4-5,8-9H2,1-3H3,(H,14,15). The monoisotopic (exact) mass is 252 g/mol. The highest BCUT2D eigenvalue weighted by Gasteiger charge is 2.10. The third-order valence-corrected chi connectivity index (χ3v) is 2.57. The Morgan fingerprint density at radius 1 is 1.33 bits per heavy atom. The summed E-state index contributed by atoms with van der Waals surface area (Å²) in [6.07, 6.45) is 2.04. The first-order valence-electron chi connectivity index (χ1n) is 5.97. The molecule has 5 heteroatoms. The van der Waals surface area contributed by atoms with Crippen LogP contribution in [0.15, 0.2) is 12.1 Å². The van der Waals surface area contributed by atoms with Gasteiger partial charge in [-0.05, 0) is 31.9 Å². The first-order chi connectivity index (χ1) is 8.69. The Kier molecular flexibility index (Phi) is 6.14. The van der Waals surface area contributed by atoms with Gasteiger partial charge in [0.25, 0.3) is 0 Å². The molecule has 1 aromatic heterocycles. The van der Waals surface area contributed by atoms with Crippen LogP contribution >= 0.6 is 0 Å². The number of ether oxygens (including phenoxy) is 2. The molecule has 0 fully saturated rings. The lowest BCUT2D eigenvalue weighted by Crippen LogP contribution is -2.09. The number of hydrogen-bond acceptors (Lipinski definition) is 5. The number of nitrogens with zero attached hydrogens (tertiary/aromatic N) is 1. The van der Waals surface area contributed by atoms with E-state index >= 15 is 0 Å². The fourth-order valence-corrected chi connectivity index (χ4v) is 1.57. The van der Waals surface area contributed by atoms with Gasteiger partial charge in [0.05, 0.1) is 18.4 Å². The van der Waals surface area contributed by atoms with Gasteiger partial charge >= 0.3 is 5.97 Å². The fourth-order valence-electron chi connectivity index (χ4n) is 1.57. The Balaban J connectivity index is 2.49. The van der Waals surface area contributed by atoms with Crippen LogP contribution in [-0.4, -0.2) is 38.3 Å². The highest BCUT2D eigenvalue weighted by atomic mass is 16.5. The third-order valence-electron chi connectivity index (χ3n) is 2.57. The summed E-state index contributed by atoms with van der Waals surface area (Å²) >= 11 is 0. The number of carbonyl (C=O) groups excluding carboxylic acids is 1. The van der Waals surface area contributed by atoms with Crippen molar-refractivity contribution in [2.45, 2.75) is 19.8 Å². The summed E-state index contributed by atoms with van der Waals surface area (Å²) in [4.78, 5) is 15.7. The number of unbranched alkanes of at least 4 members (excludes halogenated alkanes) is 1. The summed E-state index contributed by atoms with van der Waals surface area (Å²) in [6, 6.07) is 3.52. The van der Waals surface area contributed by atoms with Crippen molar-refractivity contribution < 1.29 is 14.3 Å². The minimum absolute atomic E-state index is 0.355. The molecule has 0 aliphatic heterocycles. The van der Waals surface area contributed by atoms with E-state index < -0.39 is 0 Å². The highest BCUT2D eigenvalue weighted by molar-refractivity contribution is 5.90. The van der Waals surface area contributed by atoms with Crippen LogP contribution in [0.4, 0.5) is 5.82 Å². The van der Waals surface area contributed by atoms with E-state index in [1.807, 2.05) is 0 Å². The number of aromatic nitrogens is 1. The molecule has 0 aliphatic rings. The van der Waals surface area contributed by atoms with Crippen molar-refractivity contribution in [3.05, 3.63) is 23.4 Å². The van der Waals surface area contributed by atoms with Crippen LogP contribution in [0.1, 0.15) is 28.9 Å². The van der Waals surface area contributed by atoms with Crippen LogP contribution in [-0.2, 0) is 9.47 Å². The van der Waals surface area contributed by atoms with Gasteiger partial charge in [0, 0.05) is 20.3 Å². The Hall–Kier alpha value is -1.62. The van der Waals surface area contributed by atoms with Gasteiger partial charge in [-0.25, -0.2) is 9.78 Å². The number of methoxy groups -OCH3 is 2. The maximum Gasteiger partial charge on any atom is 0.339 e. The number of pyridine rings is 1. The van der Waals surface area contributed by atoms with Gasteiger partial charge in [-0.1, -0.05) is 0 Å². The molecule has 0 spiro atoms. The zero-order valence-corrected chi connectivity index (χ0v) is 11.2. The van der Waals surface area contributed by atoms with E-state index in [1.54, 1.807) is 26.2 Å². The molecule has 0 radical (unpaired) electrons. The summed E-state index contributed by atoms with van der Waals surface area (Å²) in [5.41, 5.74) is 1.17. The smallest absolute Gasteiger partial charge is 0.339 e. The maximum atomic E-state index is 11.4. The Bertz CT molecular complexity index is 394. The SMILES string of the molecule is COCCCCNc1ccc(C(=O)OC)c(C)n1. The van der Waals surface area contributed by atoms with Crippen LogP contribution in [0.3, 0.4) is 0 Å². The lowest BCUT2D eigenvalue weighted by Gasteiger charge is -2.08. The summed E-state index contributed by atoms with van der Waals surface area (Å²) in [5, 5.41) is 3.21. The average Bonchev–Trinajstić information content (AvgIpc) is 2.38. The normalized spacial score (nSPS) is 10.2. The van der Waals surface area contributed by atoms with Crippen LogP contribution in [0, 0.1) is 6.92 Å². The molecule has 5 nitrogen and oxygen atoms in total. The molecule has 1 heterocycles. The van der Waals surface area contributed by atoms with E-state index in [9.17, 15) is 4.79 Å². The van der Waals surface area contributed by atoms with Crippen molar-refractivity contribution in [2.24, 2.45) is 0 Å². The van der Waals surface area contributed by atoms with Crippen LogP contribution < -0.4 is 5.32 Å². The zero-order valence-electron chi connectivity index (χ0n) is 11.2.